The predicted molar refractivity (Wildman–Crippen MR) is 97.6 cm³/mol. The number of epoxide rings is 1. The zero-order valence-corrected chi connectivity index (χ0v) is 15.5. The summed E-state index contributed by atoms with van der Waals surface area (Å²) in [6.45, 7) is 7.30. The molecule has 0 bridgehead atoms. The van der Waals surface area contributed by atoms with Crippen molar-refractivity contribution < 1.29 is 17.9 Å². The first-order chi connectivity index (χ1) is 11.8. The smallest absolute Gasteiger partial charge is 0.262 e. The molecule has 1 aliphatic heterocycles. The van der Waals surface area contributed by atoms with Gasteiger partial charge in [0.05, 0.1) is 17.2 Å². The molecule has 2 aromatic carbocycles. The van der Waals surface area contributed by atoms with E-state index in [0.29, 0.717) is 24.7 Å². The van der Waals surface area contributed by atoms with E-state index in [1.54, 1.807) is 36.4 Å². The molecule has 1 fully saturated rings. The number of anilines is 1. The van der Waals surface area contributed by atoms with Gasteiger partial charge in [0, 0.05) is 5.56 Å². The minimum absolute atomic E-state index is 0.0894. The second kappa shape index (κ2) is 6.69. The average molecular weight is 361 g/mol. The van der Waals surface area contributed by atoms with Crippen molar-refractivity contribution in [2.24, 2.45) is 0 Å². The maximum Gasteiger partial charge on any atom is 0.262 e. The molecule has 0 radical (unpaired) electrons. The van der Waals surface area contributed by atoms with Gasteiger partial charge in [-0.05, 0) is 23.6 Å². The fourth-order valence-electron chi connectivity index (χ4n) is 2.51. The maximum absolute atomic E-state index is 12.7. The SMILES string of the molecule is CC(C)(C)c1cccc(NS(=O)(=O)c2ccccc2)c1OCC1CO1. The third kappa shape index (κ3) is 4.32. The van der Waals surface area contributed by atoms with Crippen molar-refractivity contribution in [3.05, 3.63) is 54.1 Å². The van der Waals surface area contributed by atoms with Crippen molar-refractivity contribution in [1.29, 1.82) is 0 Å². The number of ether oxygens (including phenoxy) is 2. The number of benzene rings is 2. The van der Waals surface area contributed by atoms with Crippen LogP contribution >= 0.6 is 0 Å². The number of rotatable bonds is 6. The van der Waals surface area contributed by atoms with Gasteiger partial charge in [0.15, 0.2) is 0 Å². The zero-order chi connectivity index (χ0) is 18.1. The van der Waals surface area contributed by atoms with Crippen LogP contribution in [-0.4, -0.2) is 27.7 Å². The van der Waals surface area contributed by atoms with Gasteiger partial charge in [-0.2, -0.15) is 0 Å². The first-order valence-corrected chi connectivity index (χ1v) is 9.71. The summed E-state index contributed by atoms with van der Waals surface area (Å²) in [5.41, 5.74) is 1.20. The Labute approximate surface area is 149 Å². The number of hydrogen-bond donors (Lipinski definition) is 1. The molecule has 1 atom stereocenters. The lowest BCUT2D eigenvalue weighted by Crippen LogP contribution is -2.19. The van der Waals surface area contributed by atoms with Crippen LogP contribution in [0.1, 0.15) is 26.3 Å². The van der Waals surface area contributed by atoms with Gasteiger partial charge in [0.1, 0.15) is 18.5 Å². The average Bonchev–Trinajstić information content (AvgIpc) is 3.37. The molecule has 0 saturated carbocycles. The molecular weight excluding hydrogens is 338 g/mol. The molecule has 0 aliphatic carbocycles. The molecular formula is C19H23NO4S. The summed E-state index contributed by atoms with van der Waals surface area (Å²) >= 11 is 0. The summed E-state index contributed by atoms with van der Waals surface area (Å²) in [5, 5.41) is 0. The highest BCUT2D eigenvalue weighted by Gasteiger charge is 2.27. The van der Waals surface area contributed by atoms with Gasteiger partial charge in [0.2, 0.25) is 0 Å². The molecule has 1 aliphatic rings. The standard InChI is InChI=1S/C19H23NO4S/c1-19(2,3)16-10-7-11-17(18(16)24-13-14-12-23-14)20-25(21,22)15-8-5-4-6-9-15/h4-11,14,20H,12-13H2,1-3H3. The monoisotopic (exact) mass is 361 g/mol. The van der Waals surface area contributed by atoms with Crippen LogP contribution < -0.4 is 9.46 Å². The molecule has 1 saturated heterocycles. The Hall–Kier alpha value is -2.05. The van der Waals surface area contributed by atoms with Gasteiger partial charge in [0.25, 0.3) is 10.0 Å². The Kier molecular flexibility index (Phi) is 4.75. The van der Waals surface area contributed by atoms with E-state index in [9.17, 15) is 8.42 Å². The van der Waals surface area contributed by atoms with E-state index in [4.69, 9.17) is 9.47 Å². The maximum atomic E-state index is 12.7. The van der Waals surface area contributed by atoms with E-state index < -0.39 is 10.0 Å². The highest BCUT2D eigenvalue weighted by atomic mass is 32.2. The number of sulfonamides is 1. The molecule has 25 heavy (non-hydrogen) atoms. The molecule has 0 amide bonds. The molecule has 0 spiro atoms. The van der Waals surface area contributed by atoms with Crippen LogP contribution in [-0.2, 0) is 20.2 Å². The third-order valence-electron chi connectivity index (χ3n) is 3.94. The normalized spacial score (nSPS) is 17.2. The quantitative estimate of drug-likeness (QED) is 0.799. The lowest BCUT2D eigenvalue weighted by atomic mass is 9.86. The molecule has 0 aromatic heterocycles. The summed E-state index contributed by atoms with van der Waals surface area (Å²) in [4.78, 5) is 0.215. The van der Waals surface area contributed by atoms with Crippen LogP contribution in [0.2, 0.25) is 0 Å². The van der Waals surface area contributed by atoms with E-state index in [0.717, 1.165) is 5.56 Å². The molecule has 3 rings (SSSR count). The Morgan fingerprint density at radius 2 is 1.80 bits per heavy atom. The Morgan fingerprint density at radius 3 is 2.40 bits per heavy atom. The summed E-state index contributed by atoms with van der Waals surface area (Å²) in [5.74, 6) is 0.560. The topological polar surface area (TPSA) is 67.9 Å². The first-order valence-electron chi connectivity index (χ1n) is 8.23. The minimum atomic E-state index is -3.68. The van der Waals surface area contributed by atoms with E-state index in [1.165, 1.54) is 0 Å². The van der Waals surface area contributed by atoms with E-state index in [2.05, 4.69) is 25.5 Å². The first kappa shape index (κ1) is 17.8. The van der Waals surface area contributed by atoms with Crippen molar-refractivity contribution in [1.82, 2.24) is 0 Å². The van der Waals surface area contributed by atoms with Gasteiger partial charge in [-0.1, -0.05) is 51.1 Å². The number of nitrogens with one attached hydrogen (secondary N) is 1. The lowest BCUT2D eigenvalue weighted by molar-refractivity contribution is 0.259. The molecule has 5 nitrogen and oxygen atoms in total. The van der Waals surface area contributed by atoms with Crippen LogP contribution in [0.25, 0.3) is 0 Å². The van der Waals surface area contributed by atoms with Gasteiger partial charge in [-0.25, -0.2) is 8.42 Å². The molecule has 1 N–H and O–H groups in total. The van der Waals surface area contributed by atoms with Crippen LogP contribution in [0, 0.1) is 0 Å². The Balaban J connectivity index is 1.97. The highest BCUT2D eigenvalue weighted by molar-refractivity contribution is 7.92. The van der Waals surface area contributed by atoms with Crippen molar-refractivity contribution >= 4 is 15.7 Å². The van der Waals surface area contributed by atoms with Crippen molar-refractivity contribution in [3.8, 4) is 5.75 Å². The van der Waals surface area contributed by atoms with Crippen molar-refractivity contribution in [2.75, 3.05) is 17.9 Å². The minimum Gasteiger partial charge on any atom is -0.488 e. The van der Waals surface area contributed by atoms with Gasteiger partial charge in [-0.15, -0.1) is 0 Å². The number of hydrogen-bond acceptors (Lipinski definition) is 4. The largest absolute Gasteiger partial charge is 0.488 e. The van der Waals surface area contributed by atoms with Crippen LogP contribution in [0.4, 0.5) is 5.69 Å². The highest BCUT2D eigenvalue weighted by Crippen LogP contribution is 2.38. The van der Waals surface area contributed by atoms with Crippen LogP contribution in [0.5, 0.6) is 5.75 Å². The van der Waals surface area contributed by atoms with Gasteiger partial charge >= 0.3 is 0 Å². The molecule has 2 aromatic rings. The van der Waals surface area contributed by atoms with E-state index in [-0.39, 0.29) is 16.4 Å². The zero-order valence-electron chi connectivity index (χ0n) is 14.7. The summed E-state index contributed by atoms with van der Waals surface area (Å²) < 4.78 is 39.2. The molecule has 1 heterocycles. The Bertz CT molecular complexity index is 837. The molecule has 6 heteroatoms. The Morgan fingerprint density at radius 1 is 1.12 bits per heavy atom. The third-order valence-corrected chi connectivity index (χ3v) is 5.32. The summed E-state index contributed by atoms with van der Waals surface area (Å²) in [7, 11) is -3.68. The van der Waals surface area contributed by atoms with Crippen LogP contribution in [0.15, 0.2) is 53.4 Å². The van der Waals surface area contributed by atoms with E-state index in [1.807, 2.05) is 12.1 Å². The molecule has 1 unspecified atom stereocenters. The number of para-hydroxylation sites is 1. The van der Waals surface area contributed by atoms with Crippen molar-refractivity contribution in [2.45, 2.75) is 37.2 Å². The summed E-state index contributed by atoms with van der Waals surface area (Å²) in [6, 6.07) is 13.8. The fraction of sp³-hybridized carbons (Fsp3) is 0.368. The predicted octanol–water partition coefficient (Wildman–Crippen LogP) is 3.56. The second-order valence-electron chi connectivity index (χ2n) is 7.12. The second-order valence-corrected chi connectivity index (χ2v) is 8.80. The lowest BCUT2D eigenvalue weighted by Gasteiger charge is -2.25. The van der Waals surface area contributed by atoms with Gasteiger partial charge in [-0.3, -0.25) is 4.72 Å². The molecule has 134 valence electrons. The van der Waals surface area contributed by atoms with Gasteiger partial charge < -0.3 is 9.47 Å². The van der Waals surface area contributed by atoms with Crippen molar-refractivity contribution in [3.63, 3.8) is 0 Å². The van der Waals surface area contributed by atoms with E-state index >= 15 is 0 Å². The summed E-state index contributed by atoms with van der Waals surface area (Å²) in [6.07, 6.45) is 0.0894. The van der Waals surface area contributed by atoms with Crippen LogP contribution in [0.3, 0.4) is 0 Å². The fourth-order valence-corrected chi connectivity index (χ4v) is 3.59.